The molecule has 0 aromatic carbocycles. The molecule has 0 aliphatic rings. The lowest BCUT2D eigenvalue weighted by atomic mass is 11.0. The molecule has 0 amide bonds. The SMILES string of the molecule is CO/C(=C\Cl)O[Si](C)(C)C. The third-order valence-corrected chi connectivity index (χ3v) is 1.69. The first kappa shape index (κ1) is 9.85. The minimum Gasteiger partial charge on any atom is -0.519 e. The van der Waals surface area contributed by atoms with E-state index in [1.165, 1.54) is 12.6 Å². The van der Waals surface area contributed by atoms with Crippen molar-refractivity contribution >= 4 is 19.9 Å². The number of hydrogen-bond acceptors (Lipinski definition) is 2. The number of hydrogen-bond donors (Lipinski definition) is 0. The molecule has 0 bridgehead atoms. The topological polar surface area (TPSA) is 18.5 Å². The maximum Gasteiger partial charge on any atom is 0.276 e. The second-order valence-electron chi connectivity index (χ2n) is 2.85. The molecule has 0 spiro atoms. The van der Waals surface area contributed by atoms with E-state index in [1.54, 1.807) is 0 Å². The van der Waals surface area contributed by atoms with E-state index in [1.807, 2.05) is 0 Å². The monoisotopic (exact) mass is 180 g/mol. The third kappa shape index (κ3) is 4.70. The zero-order valence-corrected chi connectivity index (χ0v) is 8.53. The Balaban J connectivity index is 3.88. The molecule has 0 aromatic heterocycles. The number of methoxy groups -OCH3 is 1. The van der Waals surface area contributed by atoms with Gasteiger partial charge < -0.3 is 9.16 Å². The van der Waals surface area contributed by atoms with E-state index in [4.69, 9.17) is 20.8 Å². The van der Waals surface area contributed by atoms with Crippen molar-refractivity contribution in [3.8, 4) is 0 Å². The molecule has 0 aliphatic carbocycles. The minimum absolute atomic E-state index is 0.404. The Morgan fingerprint density at radius 1 is 1.40 bits per heavy atom. The van der Waals surface area contributed by atoms with Crippen molar-refractivity contribution in [3.63, 3.8) is 0 Å². The first-order valence-electron chi connectivity index (χ1n) is 3.03. The van der Waals surface area contributed by atoms with Gasteiger partial charge in [0.05, 0.1) is 12.6 Å². The Labute approximate surface area is 67.9 Å². The van der Waals surface area contributed by atoms with Gasteiger partial charge in [-0.3, -0.25) is 0 Å². The van der Waals surface area contributed by atoms with Crippen LogP contribution in [0, 0.1) is 0 Å². The average Bonchev–Trinajstić information content (AvgIpc) is 1.81. The van der Waals surface area contributed by atoms with Crippen LogP contribution in [0.3, 0.4) is 0 Å². The highest BCUT2D eigenvalue weighted by molar-refractivity contribution is 6.70. The largest absolute Gasteiger partial charge is 0.519 e. The predicted molar refractivity (Wildman–Crippen MR) is 45.4 cm³/mol. The highest BCUT2D eigenvalue weighted by Gasteiger charge is 2.17. The summed E-state index contributed by atoms with van der Waals surface area (Å²) in [6.45, 7) is 6.19. The van der Waals surface area contributed by atoms with Crippen LogP contribution in [0.15, 0.2) is 11.5 Å². The highest BCUT2D eigenvalue weighted by atomic mass is 35.5. The van der Waals surface area contributed by atoms with Gasteiger partial charge in [0.25, 0.3) is 5.95 Å². The molecule has 0 saturated carbocycles. The van der Waals surface area contributed by atoms with E-state index in [9.17, 15) is 0 Å². The molecule has 0 aromatic rings. The van der Waals surface area contributed by atoms with Gasteiger partial charge in [-0.05, 0) is 19.6 Å². The van der Waals surface area contributed by atoms with Crippen molar-refractivity contribution < 1.29 is 9.16 Å². The lowest BCUT2D eigenvalue weighted by molar-refractivity contribution is 0.148. The summed E-state index contributed by atoms with van der Waals surface area (Å²) < 4.78 is 10.2. The molecule has 0 rings (SSSR count). The molecular weight excluding hydrogens is 168 g/mol. The highest BCUT2D eigenvalue weighted by Crippen LogP contribution is 2.10. The summed E-state index contributed by atoms with van der Waals surface area (Å²) in [5.74, 6) is 0.404. The summed E-state index contributed by atoms with van der Waals surface area (Å²) in [6.07, 6.45) is 0. The van der Waals surface area contributed by atoms with Gasteiger partial charge in [0.1, 0.15) is 0 Å². The molecule has 0 atom stereocenters. The molecule has 0 fully saturated rings. The minimum atomic E-state index is -1.54. The molecule has 0 saturated heterocycles. The van der Waals surface area contributed by atoms with Crippen LogP contribution in [-0.4, -0.2) is 15.4 Å². The lowest BCUT2D eigenvalue weighted by Crippen LogP contribution is -2.25. The summed E-state index contributed by atoms with van der Waals surface area (Å²) >= 11 is 5.38. The van der Waals surface area contributed by atoms with Gasteiger partial charge in [0.15, 0.2) is 0 Å². The summed E-state index contributed by atoms with van der Waals surface area (Å²) in [7, 11) is -0.00390. The van der Waals surface area contributed by atoms with Gasteiger partial charge in [0, 0.05) is 0 Å². The molecule has 0 radical (unpaired) electrons. The van der Waals surface area contributed by atoms with Crippen molar-refractivity contribution in [1.82, 2.24) is 0 Å². The van der Waals surface area contributed by atoms with Gasteiger partial charge in [-0.2, -0.15) is 0 Å². The molecule has 60 valence electrons. The Kier molecular flexibility index (Phi) is 3.82. The molecule has 4 heteroatoms. The van der Waals surface area contributed by atoms with Crippen molar-refractivity contribution in [1.29, 1.82) is 0 Å². The zero-order chi connectivity index (χ0) is 8.20. The van der Waals surface area contributed by atoms with Gasteiger partial charge in [-0.1, -0.05) is 11.6 Å². The fourth-order valence-corrected chi connectivity index (χ4v) is 1.36. The molecule has 0 N–H and O–H groups in total. The third-order valence-electron chi connectivity index (χ3n) is 0.697. The molecule has 0 heterocycles. The summed E-state index contributed by atoms with van der Waals surface area (Å²) in [6, 6.07) is 0. The number of halogens is 1. The van der Waals surface area contributed by atoms with Crippen molar-refractivity contribution in [2.75, 3.05) is 7.11 Å². The van der Waals surface area contributed by atoms with Crippen molar-refractivity contribution in [3.05, 3.63) is 11.5 Å². The Morgan fingerprint density at radius 3 is 2.00 bits per heavy atom. The lowest BCUT2D eigenvalue weighted by Gasteiger charge is -2.19. The molecular formula is C6H13ClO2Si. The number of rotatable bonds is 3. The van der Waals surface area contributed by atoms with Crippen LogP contribution < -0.4 is 0 Å². The van der Waals surface area contributed by atoms with Gasteiger partial charge >= 0.3 is 0 Å². The zero-order valence-electron chi connectivity index (χ0n) is 6.77. The second-order valence-corrected chi connectivity index (χ2v) is 7.49. The Bertz CT molecular complexity index is 128. The van der Waals surface area contributed by atoms with Crippen LogP contribution >= 0.6 is 11.6 Å². The predicted octanol–water partition coefficient (Wildman–Crippen LogP) is 2.52. The van der Waals surface area contributed by atoms with Crippen LogP contribution in [0.5, 0.6) is 0 Å². The number of ether oxygens (including phenoxy) is 1. The molecule has 10 heavy (non-hydrogen) atoms. The van der Waals surface area contributed by atoms with Crippen LogP contribution in [0.2, 0.25) is 19.6 Å². The maximum atomic E-state index is 5.38. The van der Waals surface area contributed by atoms with E-state index in [0.717, 1.165) is 0 Å². The molecule has 2 nitrogen and oxygen atoms in total. The van der Waals surface area contributed by atoms with E-state index in [2.05, 4.69) is 19.6 Å². The van der Waals surface area contributed by atoms with E-state index in [-0.39, 0.29) is 0 Å². The average molecular weight is 181 g/mol. The van der Waals surface area contributed by atoms with Crippen LogP contribution in [0.25, 0.3) is 0 Å². The van der Waals surface area contributed by atoms with Gasteiger partial charge in [-0.15, -0.1) is 0 Å². The summed E-state index contributed by atoms with van der Waals surface area (Å²) in [4.78, 5) is 0. The van der Waals surface area contributed by atoms with Crippen LogP contribution in [-0.2, 0) is 9.16 Å². The Hall–Kier alpha value is -0.153. The first-order chi connectivity index (χ1) is 4.49. The van der Waals surface area contributed by atoms with E-state index >= 15 is 0 Å². The fourth-order valence-electron chi connectivity index (χ4n) is 0.410. The molecule has 0 unspecified atom stereocenters. The van der Waals surface area contributed by atoms with Gasteiger partial charge in [0.2, 0.25) is 8.32 Å². The van der Waals surface area contributed by atoms with Crippen molar-refractivity contribution in [2.45, 2.75) is 19.6 Å². The summed E-state index contributed by atoms with van der Waals surface area (Å²) in [5, 5.41) is 0. The first-order valence-corrected chi connectivity index (χ1v) is 6.87. The summed E-state index contributed by atoms with van der Waals surface area (Å²) in [5.41, 5.74) is 1.30. The van der Waals surface area contributed by atoms with Crippen LogP contribution in [0.4, 0.5) is 0 Å². The maximum absolute atomic E-state index is 5.38. The Morgan fingerprint density at radius 2 is 1.90 bits per heavy atom. The fraction of sp³-hybridized carbons (Fsp3) is 0.667. The normalized spacial score (nSPS) is 13.1. The molecule has 0 aliphatic heterocycles. The van der Waals surface area contributed by atoms with E-state index in [0.29, 0.717) is 5.95 Å². The van der Waals surface area contributed by atoms with Crippen LogP contribution in [0.1, 0.15) is 0 Å². The van der Waals surface area contributed by atoms with Crippen molar-refractivity contribution in [2.24, 2.45) is 0 Å². The van der Waals surface area contributed by atoms with E-state index < -0.39 is 8.32 Å². The second kappa shape index (κ2) is 3.88. The van der Waals surface area contributed by atoms with Gasteiger partial charge in [-0.25, -0.2) is 0 Å². The quantitative estimate of drug-likeness (QED) is 0.491. The standard InChI is InChI=1S/C6H13ClO2Si/c1-8-6(5-7)9-10(2,3)4/h5H,1-4H3/b6-5+. The smallest absolute Gasteiger partial charge is 0.276 e.